The summed E-state index contributed by atoms with van der Waals surface area (Å²) >= 11 is 0. The molecule has 0 aliphatic rings. The Balaban J connectivity index is 1.22. The summed E-state index contributed by atoms with van der Waals surface area (Å²) in [5.41, 5.74) is 5.65. The molecule has 0 aliphatic heterocycles. The minimum atomic E-state index is -0.526. The number of carbonyl (C=O) groups excluding carboxylic acids is 1. The van der Waals surface area contributed by atoms with Gasteiger partial charge in [-0.15, -0.1) is 0 Å². The number of hydrogen-bond acceptors (Lipinski definition) is 11. The lowest BCUT2D eigenvalue weighted by molar-refractivity contribution is 0.0734. The Morgan fingerprint density at radius 3 is 1.19 bits per heavy atom. The fraction of sp³-hybridized carbons (Fsp3) is 0.564. The Morgan fingerprint density at radius 2 is 0.764 bits per heavy atom. The minimum Gasteiger partial charge on any atom is -0.506 e. The number of aromatic nitrogens is 2. The predicted molar refractivity (Wildman–Crippen MR) is 370 cm³/mol. The predicted octanol–water partition coefficient (Wildman–Crippen LogP) is 22.9. The van der Waals surface area contributed by atoms with Gasteiger partial charge in [0.05, 0.1) is 61.0 Å². The molecule has 6 aromatic rings. The molecule has 0 bridgehead atoms. The number of hydrogen-bond donors (Lipinski definition) is 1. The Bertz CT molecular complexity index is 2920. The van der Waals surface area contributed by atoms with Gasteiger partial charge in [0.2, 0.25) is 0 Å². The van der Waals surface area contributed by atoms with Crippen molar-refractivity contribution in [2.24, 2.45) is 4.99 Å². The maximum absolute atomic E-state index is 14.0. The molecule has 486 valence electrons. The maximum Gasteiger partial charge on any atom is 0.343 e. The minimum absolute atomic E-state index is 0.0471. The molecule has 0 fully saturated rings. The van der Waals surface area contributed by atoms with E-state index in [9.17, 15) is 9.90 Å². The van der Waals surface area contributed by atoms with Crippen LogP contribution in [0.4, 0.5) is 5.69 Å². The fourth-order valence-electron chi connectivity index (χ4n) is 11.0. The summed E-state index contributed by atoms with van der Waals surface area (Å²) in [6.07, 6.45) is 42.5. The first-order valence-electron chi connectivity index (χ1n) is 35.3. The lowest BCUT2D eigenvalue weighted by atomic mass is 10.0. The Kier molecular flexibility index (Phi) is 35.3. The number of aliphatic imine (C=N–C) groups is 1. The van der Waals surface area contributed by atoms with E-state index in [1.54, 1.807) is 42.6 Å². The SMILES string of the molecule is CCCCCCCCCCCCOc1ccc(N=Cc2ccc(OC(=O)c3ccc4nc(-c5ccc(OCCCCCCCC)c(OCCCCCCCC)c5)c(-c5ccc(OCCCCCCCC)c(OCCCCCCCC)c5)nc4c3)cc2)c(O)c1. The second kappa shape index (κ2) is 43.9. The van der Waals surface area contributed by atoms with Crippen molar-refractivity contribution in [1.29, 1.82) is 0 Å². The first-order chi connectivity index (χ1) is 43.8. The number of carbonyl (C=O) groups is 1. The Morgan fingerprint density at radius 1 is 0.382 bits per heavy atom. The second-order valence-electron chi connectivity index (χ2n) is 24.3. The van der Waals surface area contributed by atoms with Crippen molar-refractivity contribution >= 4 is 28.9 Å². The van der Waals surface area contributed by atoms with Gasteiger partial charge in [-0.25, -0.2) is 14.8 Å². The van der Waals surface area contributed by atoms with Gasteiger partial charge in [-0.05, 0) is 129 Å². The molecule has 0 unspecified atom stereocenters. The van der Waals surface area contributed by atoms with Gasteiger partial charge in [-0.3, -0.25) is 4.99 Å². The van der Waals surface area contributed by atoms with E-state index >= 15 is 0 Å². The van der Waals surface area contributed by atoms with Gasteiger partial charge in [0.25, 0.3) is 0 Å². The molecule has 11 heteroatoms. The third-order valence-electron chi connectivity index (χ3n) is 16.5. The van der Waals surface area contributed by atoms with Crippen LogP contribution in [0.25, 0.3) is 33.5 Å². The van der Waals surface area contributed by atoms with Crippen molar-refractivity contribution in [2.45, 2.75) is 253 Å². The van der Waals surface area contributed by atoms with Gasteiger partial charge in [0.15, 0.2) is 23.0 Å². The number of esters is 1. The van der Waals surface area contributed by atoms with Gasteiger partial charge in [0.1, 0.15) is 22.9 Å². The summed E-state index contributed by atoms with van der Waals surface area (Å²) in [5, 5.41) is 10.8. The lowest BCUT2D eigenvalue weighted by Gasteiger charge is -2.17. The van der Waals surface area contributed by atoms with Gasteiger partial charge in [0, 0.05) is 23.4 Å². The normalized spacial score (nSPS) is 11.4. The summed E-state index contributed by atoms with van der Waals surface area (Å²) < 4.78 is 38.2. The standard InChI is InChI=1S/C78H111N3O8/c1-6-11-16-21-26-27-28-29-34-35-52-84-67-47-49-69(71(82)60-67)79-61-62-40-45-66(46-41-62)89-78(83)65-42-48-68-70(57-65)81-77(64-44-51-73(86-54-37-31-23-18-13-8-3)75(59-64)88-56-39-33-25-20-15-10-5)76(80-68)63-43-50-72(85-53-36-30-22-17-12-7-2)74(58-63)87-55-38-32-24-19-14-9-4/h40-51,57-61,82H,6-39,52-56H2,1-5H3. The largest absolute Gasteiger partial charge is 0.506 e. The topological polar surface area (TPSA) is 131 Å². The van der Waals surface area contributed by atoms with Crippen LogP contribution in [0.5, 0.6) is 40.2 Å². The zero-order chi connectivity index (χ0) is 62.8. The monoisotopic (exact) mass is 1220 g/mol. The third kappa shape index (κ3) is 27.2. The van der Waals surface area contributed by atoms with E-state index in [1.165, 1.54) is 154 Å². The number of ether oxygens (including phenoxy) is 6. The highest BCUT2D eigenvalue weighted by molar-refractivity contribution is 5.96. The average Bonchev–Trinajstić information content (AvgIpc) is 3.72. The zero-order valence-corrected chi connectivity index (χ0v) is 55.5. The summed E-state index contributed by atoms with van der Waals surface area (Å²) in [4.78, 5) is 29.3. The number of phenolic OH excluding ortho intramolecular Hbond substituents is 1. The van der Waals surface area contributed by atoms with Crippen LogP contribution < -0.4 is 28.4 Å². The van der Waals surface area contributed by atoms with E-state index in [-0.39, 0.29) is 5.75 Å². The molecule has 5 aromatic carbocycles. The average molecular weight is 1220 g/mol. The van der Waals surface area contributed by atoms with Gasteiger partial charge < -0.3 is 33.5 Å². The van der Waals surface area contributed by atoms with Crippen molar-refractivity contribution in [3.8, 4) is 62.8 Å². The number of nitrogens with zero attached hydrogens (tertiary/aromatic N) is 3. The molecule has 0 amide bonds. The number of benzene rings is 5. The molecule has 0 saturated carbocycles. The summed E-state index contributed by atoms with van der Waals surface area (Å²) in [5.74, 6) is 3.35. The molecule has 1 aromatic heterocycles. The van der Waals surface area contributed by atoms with E-state index < -0.39 is 5.97 Å². The van der Waals surface area contributed by atoms with E-state index in [4.69, 9.17) is 38.4 Å². The van der Waals surface area contributed by atoms with Crippen LogP contribution in [-0.4, -0.2) is 60.3 Å². The molecule has 11 nitrogen and oxygen atoms in total. The van der Waals surface area contributed by atoms with E-state index in [0.717, 1.165) is 92.4 Å². The quantitative estimate of drug-likeness (QED) is 0.0170. The molecule has 0 aliphatic carbocycles. The van der Waals surface area contributed by atoms with E-state index in [1.807, 2.05) is 48.5 Å². The number of unbranched alkanes of at least 4 members (excludes halogenated alkanes) is 29. The highest BCUT2D eigenvalue weighted by Gasteiger charge is 2.21. The molecule has 1 heterocycles. The molecular weight excluding hydrogens is 1110 g/mol. The number of phenols is 1. The lowest BCUT2D eigenvalue weighted by Crippen LogP contribution is -2.09. The summed E-state index contributed by atoms with van der Waals surface area (Å²) in [6, 6.07) is 29.9. The van der Waals surface area contributed by atoms with Crippen molar-refractivity contribution < 1.29 is 38.3 Å². The molecule has 89 heavy (non-hydrogen) atoms. The fourth-order valence-corrected chi connectivity index (χ4v) is 11.0. The summed E-state index contributed by atoms with van der Waals surface area (Å²) in [7, 11) is 0. The van der Waals surface area contributed by atoms with Crippen LogP contribution in [0.2, 0.25) is 0 Å². The van der Waals surface area contributed by atoms with Crippen LogP contribution in [0.3, 0.4) is 0 Å². The Hall–Kier alpha value is -6.62. The first kappa shape index (κ1) is 71.5. The number of rotatable bonds is 50. The van der Waals surface area contributed by atoms with Gasteiger partial charge in [-0.1, -0.05) is 221 Å². The van der Waals surface area contributed by atoms with Crippen molar-refractivity contribution in [3.05, 3.63) is 108 Å². The Labute approximate surface area is 536 Å². The highest BCUT2D eigenvalue weighted by atomic mass is 16.5. The molecule has 0 saturated heterocycles. The van der Waals surface area contributed by atoms with Crippen LogP contribution in [0.15, 0.2) is 102 Å². The third-order valence-corrected chi connectivity index (χ3v) is 16.5. The van der Waals surface area contributed by atoms with Crippen molar-refractivity contribution in [3.63, 3.8) is 0 Å². The van der Waals surface area contributed by atoms with Crippen molar-refractivity contribution in [2.75, 3.05) is 33.0 Å². The first-order valence-corrected chi connectivity index (χ1v) is 35.3. The van der Waals surface area contributed by atoms with Crippen molar-refractivity contribution in [1.82, 2.24) is 9.97 Å². The second-order valence-corrected chi connectivity index (χ2v) is 24.3. The van der Waals surface area contributed by atoms with Gasteiger partial charge >= 0.3 is 5.97 Å². The number of fused-ring (bicyclic) bond motifs is 1. The van der Waals surface area contributed by atoms with Gasteiger partial charge in [-0.2, -0.15) is 0 Å². The molecule has 0 atom stereocenters. The van der Waals surface area contributed by atoms with E-state index in [2.05, 4.69) is 51.7 Å². The molecular formula is C78H111N3O8. The molecule has 6 rings (SSSR count). The molecule has 0 radical (unpaired) electrons. The number of aromatic hydroxyl groups is 1. The van der Waals surface area contributed by atoms with Crippen LogP contribution in [-0.2, 0) is 0 Å². The molecule has 1 N–H and O–H groups in total. The smallest absolute Gasteiger partial charge is 0.343 e. The zero-order valence-electron chi connectivity index (χ0n) is 55.5. The summed E-state index contributed by atoms with van der Waals surface area (Å²) in [6.45, 7) is 14.3. The maximum atomic E-state index is 14.0. The molecule has 0 spiro atoms. The van der Waals surface area contributed by atoms with Crippen LogP contribution in [0, 0.1) is 0 Å². The van der Waals surface area contributed by atoms with E-state index in [0.29, 0.717) is 89.7 Å². The highest BCUT2D eigenvalue weighted by Crippen LogP contribution is 2.40. The van der Waals surface area contributed by atoms with Crippen LogP contribution in [0.1, 0.15) is 269 Å². The van der Waals surface area contributed by atoms with Crippen LogP contribution >= 0.6 is 0 Å².